The summed E-state index contributed by atoms with van der Waals surface area (Å²) in [6.07, 6.45) is -0.358. The van der Waals surface area contributed by atoms with E-state index in [1.165, 1.54) is 27.2 Å². The third-order valence-electron chi connectivity index (χ3n) is 6.95. The number of nitrogens with zero attached hydrogens (tertiary/aromatic N) is 1. The molecule has 0 aromatic heterocycles. The fourth-order valence-corrected chi connectivity index (χ4v) is 4.59. The van der Waals surface area contributed by atoms with Crippen molar-refractivity contribution in [1.82, 2.24) is 10.2 Å². The lowest BCUT2D eigenvalue weighted by Gasteiger charge is -2.19. The van der Waals surface area contributed by atoms with Crippen molar-refractivity contribution < 1.29 is 42.7 Å². The average molecular weight is 619 g/mol. The van der Waals surface area contributed by atoms with E-state index in [1.807, 2.05) is 31.3 Å². The Morgan fingerprint density at radius 1 is 0.614 bits per heavy atom. The second kappa shape index (κ2) is 22.8. The Hall–Kier alpha value is -2.61. The van der Waals surface area contributed by atoms with Crippen LogP contribution in [0.2, 0.25) is 0 Å². The quantitative estimate of drug-likeness (QED) is 0.158. The minimum atomic E-state index is -0.358. The molecular formula is C33H50N2O9. The second-order valence-electron chi connectivity index (χ2n) is 10.1. The molecule has 0 unspecified atom stereocenters. The van der Waals surface area contributed by atoms with Crippen molar-refractivity contribution in [3.63, 3.8) is 0 Å². The Balaban J connectivity index is 1.06. The first-order chi connectivity index (χ1) is 21.7. The fourth-order valence-electron chi connectivity index (χ4n) is 4.59. The summed E-state index contributed by atoms with van der Waals surface area (Å²) in [5.74, 6) is 0.0462. The van der Waals surface area contributed by atoms with Gasteiger partial charge in [-0.05, 0) is 29.3 Å². The van der Waals surface area contributed by atoms with Gasteiger partial charge in [0.15, 0.2) is 0 Å². The highest BCUT2D eigenvalue weighted by atomic mass is 16.6. The highest BCUT2D eigenvalue weighted by Gasteiger charge is 2.29. The number of hydrogen-bond donors (Lipinski definition) is 1. The Morgan fingerprint density at radius 3 is 1.43 bits per heavy atom. The van der Waals surface area contributed by atoms with Crippen LogP contribution in [0.5, 0.6) is 0 Å². The van der Waals surface area contributed by atoms with Gasteiger partial charge in [0.05, 0.1) is 92.5 Å². The molecule has 1 aliphatic carbocycles. The summed E-state index contributed by atoms with van der Waals surface area (Å²) in [6.45, 7) is 8.82. The van der Waals surface area contributed by atoms with E-state index in [2.05, 4.69) is 29.6 Å². The first-order valence-electron chi connectivity index (χ1n) is 15.5. The number of hydrogen-bond acceptors (Lipinski definition) is 10. The Labute approximate surface area is 262 Å². The summed E-state index contributed by atoms with van der Waals surface area (Å²) >= 11 is 0. The van der Waals surface area contributed by atoms with Crippen LogP contribution in [0.25, 0.3) is 11.1 Å². The molecule has 0 fully saturated rings. The van der Waals surface area contributed by atoms with E-state index in [0.29, 0.717) is 106 Å². The summed E-state index contributed by atoms with van der Waals surface area (Å²) in [4.78, 5) is 14.1. The van der Waals surface area contributed by atoms with Crippen molar-refractivity contribution in [1.29, 1.82) is 0 Å². The summed E-state index contributed by atoms with van der Waals surface area (Å²) in [5, 5.41) is 3.02. The summed E-state index contributed by atoms with van der Waals surface area (Å²) in [7, 11) is 3.61. The lowest BCUT2D eigenvalue weighted by molar-refractivity contribution is -0.0207. The molecule has 11 heteroatoms. The third kappa shape index (κ3) is 13.6. The van der Waals surface area contributed by atoms with Crippen LogP contribution in [-0.4, -0.2) is 137 Å². The van der Waals surface area contributed by atoms with Crippen LogP contribution in [0.1, 0.15) is 17.0 Å². The number of carbonyl (C=O) groups is 1. The molecule has 44 heavy (non-hydrogen) atoms. The maximum Gasteiger partial charge on any atom is 0.409 e. The molecule has 1 aliphatic rings. The zero-order valence-corrected chi connectivity index (χ0v) is 26.3. The highest BCUT2D eigenvalue weighted by molar-refractivity contribution is 5.79. The summed E-state index contributed by atoms with van der Waals surface area (Å²) < 4.78 is 44.0. The van der Waals surface area contributed by atoms with Crippen molar-refractivity contribution in [3.8, 4) is 11.1 Å². The monoisotopic (exact) mass is 618 g/mol. The lowest BCUT2D eigenvalue weighted by Crippen LogP contribution is -2.32. The maximum absolute atomic E-state index is 12.6. The van der Waals surface area contributed by atoms with Crippen LogP contribution in [0, 0.1) is 0 Å². The van der Waals surface area contributed by atoms with Crippen LogP contribution in [-0.2, 0) is 37.9 Å². The van der Waals surface area contributed by atoms with Crippen molar-refractivity contribution in [2.75, 3.05) is 126 Å². The summed E-state index contributed by atoms with van der Waals surface area (Å²) in [5.41, 5.74) is 4.82. The van der Waals surface area contributed by atoms with E-state index in [-0.39, 0.29) is 12.0 Å². The number of amides is 1. The molecule has 0 saturated carbocycles. The van der Waals surface area contributed by atoms with E-state index in [9.17, 15) is 4.79 Å². The number of nitrogens with one attached hydrogen (secondary N) is 1. The number of rotatable bonds is 26. The molecule has 0 radical (unpaired) electrons. The molecule has 11 nitrogen and oxygen atoms in total. The van der Waals surface area contributed by atoms with Gasteiger partial charge in [-0.25, -0.2) is 4.79 Å². The molecule has 246 valence electrons. The Morgan fingerprint density at radius 2 is 1.00 bits per heavy atom. The SMILES string of the molecule is CNCCOCCOCCOCCOCCOCCOCCOCCN(C)C(=O)OCC1c2ccccc2-c2ccccc21. The lowest BCUT2D eigenvalue weighted by atomic mass is 9.98. The van der Waals surface area contributed by atoms with Crippen molar-refractivity contribution in [2.45, 2.75) is 5.92 Å². The van der Waals surface area contributed by atoms with Crippen LogP contribution >= 0.6 is 0 Å². The van der Waals surface area contributed by atoms with Crippen molar-refractivity contribution >= 4 is 6.09 Å². The van der Waals surface area contributed by atoms with Crippen LogP contribution < -0.4 is 5.32 Å². The van der Waals surface area contributed by atoms with Gasteiger partial charge in [-0.15, -0.1) is 0 Å². The minimum absolute atomic E-state index is 0.0462. The molecule has 0 saturated heterocycles. The zero-order valence-electron chi connectivity index (χ0n) is 26.3. The number of likely N-dealkylation sites (N-methyl/N-ethyl adjacent to an activating group) is 2. The molecule has 2 aromatic rings. The number of carbonyl (C=O) groups excluding carboxylic acids is 1. The largest absolute Gasteiger partial charge is 0.448 e. The van der Waals surface area contributed by atoms with Gasteiger partial charge in [-0.1, -0.05) is 48.5 Å². The van der Waals surface area contributed by atoms with E-state index >= 15 is 0 Å². The normalized spacial score (nSPS) is 12.3. The van der Waals surface area contributed by atoms with Gasteiger partial charge in [0, 0.05) is 26.1 Å². The predicted octanol–water partition coefficient (Wildman–Crippen LogP) is 3.20. The van der Waals surface area contributed by atoms with Gasteiger partial charge in [-0.2, -0.15) is 0 Å². The van der Waals surface area contributed by atoms with Crippen LogP contribution in [0.15, 0.2) is 48.5 Å². The van der Waals surface area contributed by atoms with Crippen molar-refractivity contribution in [2.24, 2.45) is 0 Å². The smallest absolute Gasteiger partial charge is 0.409 e. The second-order valence-corrected chi connectivity index (χ2v) is 10.1. The molecule has 0 spiro atoms. The molecule has 0 bridgehead atoms. The van der Waals surface area contributed by atoms with Crippen LogP contribution in [0.3, 0.4) is 0 Å². The Bertz CT molecular complexity index is 996. The molecule has 0 atom stereocenters. The molecule has 1 amide bonds. The van der Waals surface area contributed by atoms with Gasteiger partial charge in [-0.3, -0.25) is 0 Å². The molecule has 1 N–H and O–H groups in total. The highest BCUT2D eigenvalue weighted by Crippen LogP contribution is 2.44. The van der Waals surface area contributed by atoms with E-state index in [4.69, 9.17) is 37.9 Å². The van der Waals surface area contributed by atoms with Gasteiger partial charge in [0.2, 0.25) is 0 Å². The van der Waals surface area contributed by atoms with E-state index in [0.717, 1.165) is 6.54 Å². The Kier molecular flexibility index (Phi) is 18.6. The van der Waals surface area contributed by atoms with E-state index < -0.39 is 0 Å². The molecule has 0 heterocycles. The van der Waals surface area contributed by atoms with Gasteiger partial charge in [0.25, 0.3) is 0 Å². The first-order valence-corrected chi connectivity index (χ1v) is 15.5. The molecule has 2 aromatic carbocycles. The van der Waals surface area contributed by atoms with Gasteiger partial charge >= 0.3 is 6.09 Å². The summed E-state index contributed by atoms with van der Waals surface area (Å²) in [6, 6.07) is 16.6. The third-order valence-corrected chi connectivity index (χ3v) is 6.95. The van der Waals surface area contributed by atoms with Crippen molar-refractivity contribution in [3.05, 3.63) is 59.7 Å². The standard InChI is InChI=1S/C33H50N2O9/c1-34-11-13-37-15-17-39-19-21-41-23-25-43-26-24-42-22-20-40-18-16-38-14-12-35(2)33(36)44-27-32-30-9-5-3-7-28(30)29-8-4-6-10-31(29)32/h3-10,32,34H,11-27H2,1-2H3. The zero-order chi connectivity index (χ0) is 31.1. The fraction of sp³-hybridized carbons (Fsp3) is 0.606. The van der Waals surface area contributed by atoms with E-state index in [1.54, 1.807) is 7.05 Å². The first kappa shape index (κ1) is 35.9. The molecular weight excluding hydrogens is 568 g/mol. The topological polar surface area (TPSA) is 106 Å². The molecule has 0 aliphatic heterocycles. The number of benzene rings is 2. The average Bonchev–Trinajstić information content (AvgIpc) is 3.37. The number of ether oxygens (including phenoxy) is 8. The predicted molar refractivity (Wildman–Crippen MR) is 167 cm³/mol. The maximum atomic E-state index is 12.6. The minimum Gasteiger partial charge on any atom is -0.448 e. The molecule has 3 rings (SSSR count). The van der Waals surface area contributed by atoms with Gasteiger partial charge in [0.1, 0.15) is 6.61 Å². The van der Waals surface area contributed by atoms with Crippen LogP contribution in [0.4, 0.5) is 4.79 Å². The van der Waals surface area contributed by atoms with Gasteiger partial charge < -0.3 is 48.1 Å². The number of fused-ring (bicyclic) bond motifs is 3.